The molecule has 29 heavy (non-hydrogen) atoms. The van der Waals surface area contributed by atoms with Crippen molar-refractivity contribution in [3.05, 3.63) is 59.7 Å². The number of nitrogens with zero attached hydrogens (tertiary/aromatic N) is 1. The number of hydrogen-bond donors (Lipinski definition) is 1. The van der Waals surface area contributed by atoms with E-state index in [-0.39, 0.29) is 43.4 Å². The highest BCUT2D eigenvalue weighted by atomic mass is 16.5. The maximum Gasteiger partial charge on any atom is 0.261 e. The Hall–Kier alpha value is -3.19. The third-order valence-electron chi connectivity index (χ3n) is 5.01. The van der Waals surface area contributed by atoms with Crippen LogP contribution in [-0.4, -0.2) is 48.5 Å². The molecule has 7 nitrogen and oxygen atoms in total. The Bertz CT molecular complexity index is 922. The van der Waals surface area contributed by atoms with Crippen LogP contribution in [0.25, 0.3) is 0 Å². The van der Waals surface area contributed by atoms with Gasteiger partial charge in [-0.2, -0.15) is 0 Å². The fourth-order valence-corrected chi connectivity index (χ4v) is 3.53. The van der Waals surface area contributed by atoms with Crippen LogP contribution in [0.2, 0.25) is 0 Å². The number of anilines is 1. The van der Waals surface area contributed by atoms with Crippen LogP contribution < -0.4 is 10.1 Å². The van der Waals surface area contributed by atoms with E-state index in [2.05, 4.69) is 5.32 Å². The van der Waals surface area contributed by atoms with Gasteiger partial charge in [0.2, 0.25) is 5.91 Å². The van der Waals surface area contributed by atoms with Crippen molar-refractivity contribution in [3.8, 4) is 5.75 Å². The van der Waals surface area contributed by atoms with Gasteiger partial charge >= 0.3 is 0 Å². The Morgan fingerprint density at radius 2 is 1.90 bits per heavy atom. The van der Waals surface area contributed by atoms with Gasteiger partial charge in [0.1, 0.15) is 5.75 Å². The van der Waals surface area contributed by atoms with E-state index in [0.717, 1.165) is 12.8 Å². The molecule has 1 unspecified atom stereocenters. The summed E-state index contributed by atoms with van der Waals surface area (Å²) in [6.07, 6.45) is 1.86. The number of amides is 3. The molecule has 2 aromatic rings. The number of fused-ring (bicyclic) bond motifs is 1. The second-order valence-corrected chi connectivity index (χ2v) is 7.08. The van der Waals surface area contributed by atoms with E-state index >= 15 is 0 Å². The summed E-state index contributed by atoms with van der Waals surface area (Å²) in [5, 5.41) is 2.76. The quantitative estimate of drug-likeness (QED) is 0.730. The lowest BCUT2D eigenvalue weighted by Gasteiger charge is -2.17. The van der Waals surface area contributed by atoms with Gasteiger partial charge in [0.15, 0.2) is 0 Å². The highest BCUT2D eigenvalue weighted by Gasteiger charge is 2.37. The van der Waals surface area contributed by atoms with Crippen LogP contribution in [0.15, 0.2) is 48.5 Å². The molecule has 2 aromatic carbocycles. The summed E-state index contributed by atoms with van der Waals surface area (Å²) >= 11 is 0. The van der Waals surface area contributed by atoms with E-state index < -0.39 is 0 Å². The zero-order valence-corrected chi connectivity index (χ0v) is 15.9. The molecule has 0 bridgehead atoms. The van der Waals surface area contributed by atoms with Gasteiger partial charge in [-0.25, -0.2) is 0 Å². The molecule has 0 spiro atoms. The molecule has 3 amide bonds. The van der Waals surface area contributed by atoms with Crippen LogP contribution >= 0.6 is 0 Å². The molecule has 0 saturated carbocycles. The van der Waals surface area contributed by atoms with Crippen LogP contribution in [0.1, 0.15) is 40.0 Å². The Morgan fingerprint density at radius 1 is 1.10 bits per heavy atom. The molecule has 150 valence electrons. The third kappa shape index (κ3) is 4.30. The monoisotopic (exact) mass is 394 g/mol. The molecule has 0 radical (unpaired) electrons. The van der Waals surface area contributed by atoms with E-state index in [1.807, 2.05) is 30.3 Å². The Labute approximate surface area is 168 Å². The zero-order valence-electron chi connectivity index (χ0n) is 15.9. The van der Waals surface area contributed by atoms with Gasteiger partial charge in [-0.1, -0.05) is 18.2 Å². The predicted octanol–water partition coefficient (Wildman–Crippen LogP) is 2.87. The normalized spacial score (nSPS) is 18.1. The first-order valence-electron chi connectivity index (χ1n) is 9.71. The number of rotatable bonds is 7. The van der Waals surface area contributed by atoms with Gasteiger partial charge < -0.3 is 14.8 Å². The molecule has 1 saturated heterocycles. The molecular formula is C22H22N2O5. The molecule has 0 aliphatic carbocycles. The number of hydrogen-bond acceptors (Lipinski definition) is 5. The summed E-state index contributed by atoms with van der Waals surface area (Å²) in [7, 11) is 0. The minimum Gasteiger partial charge on any atom is -0.493 e. The summed E-state index contributed by atoms with van der Waals surface area (Å²) in [6.45, 7) is 1.18. The van der Waals surface area contributed by atoms with Crippen LogP contribution in [0, 0.1) is 0 Å². The van der Waals surface area contributed by atoms with Crippen molar-refractivity contribution < 1.29 is 23.9 Å². The second-order valence-electron chi connectivity index (χ2n) is 7.08. The minimum absolute atomic E-state index is 0.0963. The van der Waals surface area contributed by atoms with Gasteiger partial charge in [0.25, 0.3) is 11.8 Å². The van der Waals surface area contributed by atoms with Crippen LogP contribution in [0.3, 0.4) is 0 Å². The molecule has 1 fully saturated rings. The highest BCUT2D eigenvalue weighted by molar-refractivity contribution is 6.21. The van der Waals surface area contributed by atoms with Crippen molar-refractivity contribution in [2.75, 3.05) is 25.1 Å². The summed E-state index contributed by atoms with van der Waals surface area (Å²) in [5.41, 5.74) is 1.15. The molecule has 7 heteroatoms. The minimum atomic E-state index is -0.344. The molecule has 0 aromatic heterocycles. The fourth-order valence-electron chi connectivity index (χ4n) is 3.53. The SMILES string of the molecule is O=C(CCOc1ccccc1)Nc1ccc2c(c1)C(=O)N(CC1CCCO1)C2=O. The zero-order chi connectivity index (χ0) is 20.2. The average molecular weight is 394 g/mol. The van der Waals surface area contributed by atoms with Crippen molar-refractivity contribution in [1.29, 1.82) is 0 Å². The lowest BCUT2D eigenvalue weighted by atomic mass is 10.1. The fraction of sp³-hybridized carbons (Fsp3) is 0.318. The highest BCUT2D eigenvalue weighted by Crippen LogP contribution is 2.27. The second kappa shape index (κ2) is 8.45. The first-order chi connectivity index (χ1) is 14.1. The summed E-state index contributed by atoms with van der Waals surface area (Å²) < 4.78 is 11.1. The lowest BCUT2D eigenvalue weighted by molar-refractivity contribution is -0.116. The molecular weight excluding hydrogens is 372 g/mol. The molecule has 2 heterocycles. The standard InChI is InChI=1S/C22H22N2O5/c25-20(10-12-29-16-5-2-1-3-6-16)23-15-8-9-18-19(13-15)22(27)24(21(18)26)14-17-7-4-11-28-17/h1-3,5-6,8-9,13,17H,4,7,10-12,14H2,(H,23,25). The Morgan fingerprint density at radius 3 is 2.66 bits per heavy atom. The first kappa shape index (κ1) is 19.1. The largest absolute Gasteiger partial charge is 0.493 e. The molecule has 1 atom stereocenters. The molecule has 1 N–H and O–H groups in total. The van der Waals surface area contributed by atoms with Gasteiger partial charge in [0, 0.05) is 12.3 Å². The number of benzene rings is 2. The van der Waals surface area contributed by atoms with Crippen molar-refractivity contribution in [2.24, 2.45) is 0 Å². The van der Waals surface area contributed by atoms with Crippen molar-refractivity contribution in [2.45, 2.75) is 25.4 Å². The van der Waals surface area contributed by atoms with Crippen LogP contribution in [0.4, 0.5) is 5.69 Å². The summed E-state index contributed by atoms with van der Waals surface area (Å²) in [5.74, 6) is -0.180. The van der Waals surface area contributed by atoms with E-state index in [1.54, 1.807) is 18.2 Å². The van der Waals surface area contributed by atoms with Crippen molar-refractivity contribution in [3.63, 3.8) is 0 Å². The van der Waals surface area contributed by atoms with E-state index in [1.165, 1.54) is 4.90 Å². The van der Waals surface area contributed by atoms with E-state index in [0.29, 0.717) is 29.2 Å². The Kier molecular flexibility index (Phi) is 5.57. The van der Waals surface area contributed by atoms with Gasteiger partial charge in [-0.15, -0.1) is 0 Å². The maximum absolute atomic E-state index is 12.7. The number of nitrogens with one attached hydrogen (secondary N) is 1. The number of carbonyl (C=O) groups is 3. The topological polar surface area (TPSA) is 84.9 Å². The van der Waals surface area contributed by atoms with Gasteiger partial charge in [-0.3, -0.25) is 19.3 Å². The predicted molar refractivity (Wildman–Crippen MR) is 106 cm³/mol. The first-order valence-corrected chi connectivity index (χ1v) is 9.71. The van der Waals surface area contributed by atoms with Crippen molar-refractivity contribution in [1.82, 2.24) is 4.90 Å². The molecule has 2 aliphatic heterocycles. The van der Waals surface area contributed by atoms with Crippen molar-refractivity contribution >= 4 is 23.4 Å². The average Bonchev–Trinajstić information content (AvgIpc) is 3.32. The smallest absolute Gasteiger partial charge is 0.261 e. The van der Waals surface area contributed by atoms with E-state index in [4.69, 9.17) is 9.47 Å². The number of ether oxygens (including phenoxy) is 2. The van der Waals surface area contributed by atoms with E-state index in [9.17, 15) is 14.4 Å². The van der Waals surface area contributed by atoms with Gasteiger partial charge in [-0.05, 0) is 43.2 Å². The van der Waals surface area contributed by atoms with Gasteiger partial charge in [0.05, 0.1) is 36.8 Å². The van der Waals surface area contributed by atoms with Crippen LogP contribution in [-0.2, 0) is 9.53 Å². The Balaban J connectivity index is 1.35. The number of imide groups is 1. The maximum atomic E-state index is 12.7. The molecule has 2 aliphatic rings. The summed E-state index contributed by atoms with van der Waals surface area (Å²) in [6, 6.07) is 14.0. The molecule has 4 rings (SSSR count). The number of carbonyl (C=O) groups excluding carboxylic acids is 3. The number of para-hydroxylation sites is 1. The summed E-state index contributed by atoms with van der Waals surface area (Å²) in [4.78, 5) is 38.6. The van der Waals surface area contributed by atoms with Crippen LogP contribution in [0.5, 0.6) is 5.75 Å². The lowest BCUT2D eigenvalue weighted by Crippen LogP contribution is -2.36. The third-order valence-corrected chi connectivity index (χ3v) is 5.01.